The molecule has 1 atom stereocenters. The van der Waals surface area contributed by atoms with E-state index in [1.807, 2.05) is 20.8 Å². The third-order valence-corrected chi connectivity index (χ3v) is 3.36. The summed E-state index contributed by atoms with van der Waals surface area (Å²) in [7, 11) is 0. The van der Waals surface area contributed by atoms with Gasteiger partial charge in [-0.1, -0.05) is 20.8 Å². The topological polar surface area (TPSA) is 110 Å². The maximum Gasteiger partial charge on any atom is 0.307 e. The van der Waals surface area contributed by atoms with Crippen LogP contribution in [0.15, 0.2) is 12.4 Å². The number of hydrogen-bond acceptors (Lipinski definition) is 5. The minimum absolute atomic E-state index is 0.106. The summed E-state index contributed by atoms with van der Waals surface area (Å²) < 4.78 is 1.24. The number of nitro groups is 1. The van der Waals surface area contributed by atoms with Crippen LogP contribution in [0.3, 0.4) is 0 Å². The predicted octanol–water partition coefficient (Wildman–Crippen LogP) is 1.05. The quantitative estimate of drug-likeness (QED) is 0.623. The molecule has 1 aromatic rings. The zero-order valence-electron chi connectivity index (χ0n) is 13.0. The van der Waals surface area contributed by atoms with E-state index in [1.165, 1.54) is 10.9 Å². The number of aromatic nitrogens is 2. The molecule has 1 heterocycles. The summed E-state index contributed by atoms with van der Waals surface area (Å²) in [5.74, 6) is -0.371. The lowest BCUT2D eigenvalue weighted by Gasteiger charge is -2.29. The zero-order chi connectivity index (χ0) is 16.4. The molecule has 118 valence electrons. The highest BCUT2D eigenvalue weighted by molar-refractivity contribution is 5.83. The van der Waals surface area contributed by atoms with Crippen molar-refractivity contribution >= 4 is 11.6 Å². The molecule has 0 aliphatic rings. The molecule has 1 aromatic heterocycles. The molecule has 2 N–H and O–H groups in total. The molecule has 1 unspecified atom stereocenters. The van der Waals surface area contributed by atoms with Crippen LogP contribution in [-0.4, -0.2) is 38.4 Å². The van der Waals surface area contributed by atoms with Gasteiger partial charge in [-0.15, -0.1) is 0 Å². The molecule has 1 rings (SSSR count). The van der Waals surface area contributed by atoms with Gasteiger partial charge >= 0.3 is 5.69 Å². The number of hydrogen-bond donors (Lipinski definition) is 2. The molecule has 0 saturated heterocycles. The number of rotatable bonds is 5. The van der Waals surface area contributed by atoms with Crippen molar-refractivity contribution in [3.8, 4) is 0 Å². The first kappa shape index (κ1) is 17.1. The molecular formula is C13H22N4O4. The molecule has 0 spiro atoms. The lowest BCUT2D eigenvalue weighted by molar-refractivity contribution is -0.385. The number of carbonyl (C=O) groups excluding carboxylic acids is 1. The highest BCUT2D eigenvalue weighted by Gasteiger charge is 2.33. The van der Waals surface area contributed by atoms with Crippen LogP contribution in [-0.2, 0) is 10.3 Å². The second-order valence-electron chi connectivity index (χ2n) is 6.55. The Labute approximate surface area is 123 Å². The van der Waals surface area contributed by atoms with Crippen LogP contribution < -0.4 is 5.32 Å². The van der Waals surface area contributed by atoms with Gasteiger partial charge in [0.25, 0.3) is 0 Å². The number of amides is 1. The molecule has 0 aromatic carbocycles. The Balaban J connectivity index is 2.77. The molecule has 0 fully saturated rings. The van der Waals surface area contributed by atoms with Crippen LogP contribution in [0.5, 0.6) is 0 Å². The van der Waals surface area contributed by atoms with E-state index in [2.05, 4.69) is 10.4 Å². The van der Waals surface area contributed by atoms with E-state index in [0.29, 0.717) is 0 Å². The van der Waals surface area contributed by atoms with Crippen LogP contribution in [0.4, 0.5) is 5.69 Å². The molecule has 0 aliphatic carbocycles. The van der Waals surface area contributed by atoms with Gasteiger partial charge in [0.1, 0.15) is 17.9 Å². The first-order chi connectivity index (χ1) is 9.46. The third kappa shape index (κ3) is 4.01. The molecule has 0 aliphatic heterocycles. The first-order valence-corrected chi connectivity index (χ1v) is 6.62. The number of aliphatic hydroxyl groups is 1. The number of nitrogens with one attached hydrogen (secondary N) is 1. The van der Waals surface area contributed by atoms with Crippen molar-refractivity contribution < 1.29 is 14.8 Å². The lowest BCUT2D eigenvalue weighted by Crippen LogP contribution is -2.48. The van der Waals surface area contributed by atoms with Crippen molar-refractivity contribution in [2.75, 3.05) is 6.54 Å². The van der Waals surface area contributed by atoms with Crippen LogP contribution in [0.1, 0.15) is 34.6 Å². The normalized spacial score (nSPS) is 13.8. The fraction of sp³-hybridized carbons (Fsp3) is 0.692. The van der Waals surface area contributed by atoms with Crippen LogP contribution in [0.25, 0.3) is 0 Å². The van der Waals surface area contributed by atoms with Crippen LogP contribution in [0.2, 0.25) is 0 Å². The van der Waals surface area contributed by atoms with Gasteiger partial charge < -0.3 is 10.4 Å². The van der Waals surface area contributed by atoms with Gasteiger partial charge in [-0.25, -0.2) is 0 Å². The fourth-order valence-corrected chi connectivity index (χ4v) is 1.53. The van der Waals surface area contributed by atoms with Gasteiger partial charge in [0.05, 0.1) is 11.0 Å². The van der Waals surface area contributed by atoms with Gasteiger partial charge in [0.2, 0.25) is 5.91 Å². The standard InChI is InChI=1S/C13H22N4O4/c1-12(2,3)10(18)7-14-11(19)13(4,5)16-8-9(6-15-16)17(20)21/h6,8,10,18H,7H2,1-5H3,(H,14,19). The van der Waals surface area contributed by atoms with Crippen LogP contribution >= 0.6 is 0 Å². The van der Waals surface area contributed by atoms with E-state index in [4.69, 9.17) is 0 Å². The van der Waals surface area contributed by atoms with Gasteiger partial charge in [0, 0.05) is 6.54 Å². The van der Waals surface area contributed by atoms with Crippen molar-refractivity contribution in [3.05, 3.63) is 22.5 Å². The Bertz CT molecular complexity index is 531. The van der Waals surface area contributed by atoms with Gasteiger partial charge in [-0.3, -0.25) is 19.6 Å². The Morgan fingerprint density at radius 1 is 1.48 bits per heavy atom. The number of nitrogens with zero attached hydrogens (tertiary/aromatic N) is 3. The average molecular weight is 298 g/mol. The second kappa shape index (κ2) is 5.80. The summed E-state index contributed by atoms with van der Waals surface area (Å²) in [5.41, 5.74) is -1.61. The van der Waals surface area contributed by atoms with E-state index >= 15 is 0 Å². The maximum atomic E-state index is 12.2. The Morgan fingerprint density at radius 2 is 2.05 bits per heavy atom. The Morgan fingerprint density at radius 3 is 2.48 bits per heavy atom. The van der Waals surface area contributed by atoms with Gasteiger partial charge in [-0.05, 0) is 19.3 Å². The Kier molecular flexibility index (Phi) is 4.72. The van der Waals surface area contributed by atoms with Crippen molar-refractivity contribution in [1.82, 2.24) is 15.1 Å². The third-order valence-electron chi connectivity index (χ3n) is 3.36. The molecule has 1 amide bonds. The summed E-state index contributed by atoms with van der Waals surface area (Å²) >= 11 is 0. The highest BCUT2D eigenvalue weighted by Crippen LogP contribution is 2.20. The average Bonchev–Trinajstić information content (AvgIpc) is 2.84. The molecule has 0 radical (unpaired) electrons. The fourth-order valence-electron chi connectivity index (χ4n) is 1.53. The molecule has 8 heteroatoms. The summed E-state index contributed by atoms with van der Waals surface area (Å²) in [6, 6.07) is 0. The lowest BCUT2D eigenvalue weighted by atomic mass is 9.89. The summed E-state index contributed by atoms with van der Waals surface area (Å²) in [5, 5.41) is 27.1. The zero-order valence-corrected chi connectivity index (χ0v) is 13.0. The van der Waals surface area contributed by atoms with E-state index < -0.39 is 16.6 Å². The monoisotopic (exact) mass is 298 g/mol. The largest absolute Gasteiger partial charge is 0.391 e. The summed E-state index contributed by atoms with van der Waals surface area (Å²) in [6.07, 6.45) is 1.61. The van der Waals surface area contributed by atoms with Crippen molar-refractivity contribution in [1.29, 1.82) is 0 Å². The minimum atomic E-state index is -1.09. The van der Waals surface area contributed by atoms with Crippen molar-refractivity contribution in [2.45, 2.75) is 46.3 Å². The van der Waals surface area contributed by atoms with E-state index in [9.17, 15) is 20.0 Å². The number of aliphatic hydroxyl groups excluding tert-OH is 1. The number of carbonyl (C=O) groups is 1. The van der Waals surface area contributed by atoms with E-state index in [0.717, 1.165) is 6.20 Å². The van der Waals surface area contributed by atoms with Gasteiger partial charge in [0.15, 0.2) is 0 Å². The van der Waals surface area contributed by atoms with E-state index in [-0.39, 0.29) is 23.6 Å². The Hall–Kier alpha value is -1.96. The molecule has 0 bridgehead atoms. The van der Waals surface area contributed by atoms with Gasteiger partial charge in [-0.2, -0.15) is 5.10 Å². The summed E-state index contributed by atoms with van der Waals surface area (Å²) in [4.78, 5) is 22.3. The molecule has 21 heavy (non-hydrogen) atoms. The molecule has 0 saturated carbocycles. The molecule has 8 nitrogen and oxygen atoms in total. The second-order valence-corrected chi connectivity index (χ2v) is 6.55. The van der Waals surface area contributed by atoms with Crippen molar-refractivity contribution in [3.63, 3.8) is 0 Å². The molecular weight excluding hydrogens is 276 g/mol. The summed E-state index contributed by atoms with van der Waals surface area (Å²) in [6.45, 7) is 8.91. The van der Waals surface area contributed by atoms with E-state index in [1.54, 1.807) is 13.8 Å². The van der Waals surface area contributed by atoms with Crippen LogP contribution in [0, 0.1) is 15.5 Å². The smallest absolute Gasteiger partial charge is 0.307 e. The highest BCUT2D eigenvalue weighted by atomic mass is 16.6. The maximum absolute atomic E-state index is 12.2. The SMILES string of the molecule is CC(C)(C)C(O)CNC(=O)C(C)(C)n1cc([N+](=O)[O-])cn1. The minimum Gasteiger partial charge on any atom is -0.391 e. The first-order valence-electron chi connectivity index (χ1n) is 6.62. The predicted molar refractivity (Wildman–Crippen MR) is 76.7 cm³/mol. The van der Waals surface area contributed by atoms with Crippen molar-refractivity contribution in [2.24, 2.45) is 5.41 Å².